The molecule has 4 heteroatoms. The normalized spacial score (nSPS) is 18.3. The third-order valence-corrected chi connectivity index (χ3v) is 3.85. The molecule has 1 aromatic carbocycles. The van der Waals surface area contributed by atoms with E-state index in [1.165, 1.54) is 25.5 Å². The monoisotopic (exact) mass is 246 g/mol. The van der Waals surface area contributed by atoms with E-state index in [1.54, 1.807) is 0 Å². The minimum Gasteiger partial charge on any atom is -0.398 e. The first-order valence-electron chi connectivity index (χ1n) is 6.57. The van der Waals surface area contributed by atoms with Crippen molar-refractivity contribution in [2.45, 2.75) is 37.6 Å². The van der Waals surface area contributed by atoms with Crippen LogP contribution in [0, 0.1) is 5.41 Å². The lowest BCUT2D eigenvalue weighted by Crippen LogP contribution is -2.47. The van der Waals surface area contributed by atoms with Gasteiger partial charge in [0.1, 0.15) is 0 Å². The second-order valence-corrected chi connectivity index (χ2v) is 5.16. The highest BCUT2D eigenvalue weighted by Crippen LogP contribution is 2.31. The number of benzene rings is 1. The number of nitrogens with one attached hydrogen (secondary N) is 2. The molecule has 0 bridgehead atoms. The van der Waals surface area contributed by atoms with Crippen LogP contribution in [0.25, 0.3) is 0 Å². The first-order chi connectivity index (χ1) is 8.69. The van der Waals surface area contributed by atoms with Gasteiger partial charge in [-0.05, 0) is 31.0 Å². The fourth-order valence-corrected chi connectivity index (χ4v) is 2.69. The van der Waals surface area contributed by atoms with E-state index in [0.717, 1.165) is 24.1 Å². The van der Waals surface area contributed by atoms with Crippen molar-refractivity contribution in [2.75, 3.05) is 17.6 Å². The fourth-order valence-electron chi connectivity index (χ4n) is 2.69. The van der Waals surface area contributed by atoms with Crippen LogP contribution >= 0.6 is 0 Å². The molecular formula is C14H22N4. The molecule has 0 unspecified atom stereocenters. The van der Waals surface area contributed by atoms with Gasteiger partial charge in [0.2, 0.25) is 0 Å². The van der Waals surface area contributed by atoms with Crippen LogP contribution in [0.15, 0.2) is 18.2 Å². The quantitative estimate of drug-likeness (QED) is 0.485. The summed E-state index contributed by atoms with van der Waals surface area (Å²) < 4.78 is 0. The molecule has 6 N–H and O–H groups in total. The molecule has 0 spiro atoms. The minimum atomic E-state index is 0.0215. The van der Waals surface area contributed by atoms with Gasteiger partial charge in [-0.25, -0.2) is 0 Å². The largest absolute Gasteiger partial charge is 0.398 e. The number of hydrogen-bond donors (Lipinski definition) is 4. The molecule has 98 valence electrons. The number of anilines is 2. The van der Waals surface area contributed by atoms with Gasteiger partial charge in [-0.1, -0.05) is 19.3 Å². The van der Waals surface area contributed by atoms with Gasteiger partial charge in [0, 0.05) is 35.2 Å². The van der Waals surface area contributed by atoms with Gasteiger partial charge in [0.25, 0.3) is 0 Å². The lowest BCUT2D eigenvalue weighted by Gasteiger charge is -2.38. The summed E-state index contributed by atoms with van der Waals surface area (Å²) in [5, 5.41) is 10.9. The maximum Gasteiger partial charge on any atom is 0.0495 e. The van der Waals surface area contributed by atoms with Crippen LogP contribution in [0.2, 0.25) is 0 Å². The van der Waals surface area contributed by atoms with Crippen molar-refractivity contribution in [2.24, 2.45) is 5.73 Å². The molecule has 1 fully saturated rings. The first-order valence-corrected chi connectivity index (χ1v) is 6.57. The molecule has 0 radical (unpaired) electrons. The average Bonchev–Trinajstić information content (AvgIpc) is 2.42. The van der Waals surface area contributed by atoms with E-state index in [1.807, 2.05) is 18.2 Å². The molecule has 1 aliphatic rings. The van der Waals surface area contributed by atoms with Gasteiger partial charge in [-0.3, -0.25) is 0 Å². The van der Waals surface area contributed by atoms with E-state index in [2.05, 4.69) is 5.32 Å². The average molecular weight is 246 g/mol. The zero-order valence-corrected chi connectivity index (χ0v) is 10.7. The summed E-state index contributed by atoms with van der Waals surface area (Å²) in [5.41, 5.74) is 14.2. The summed E-state index contributed by atoms with van der Waals surface area (Å²) in [4.78, 5) is 0. The maximum atomic E-state index is 7.34. The molecule has 2 rings (SSSR count). The van der Waals surface area contributed by atoms with E-state index < -0.39 is 0 Å². The van der Waals surface area contributed by atoms with Crippen molar-refractivity contribution in [3.05, 3.63) is 23.8 Å². The minimum absolute atomic E-state index is 0.0215. The Bertz CT molecular complexity index is 422. The Morgan fingerprint density at radius 3 is 2.61 bits per heavy atom. The predicted octanol–water partition coefficient (Wildman–Crippen LogP) is 2.34. The smallest absolute Gasteiger partial charge is 0.0495 e. The van der Waals surface area contributed by atoms with Gasteiger partial charge in [-0.2, -0.15) is 0 Å². The maximum absolute atomic E-state index is 7.34. The van der Waals surface area contributed by atoms with Crippen molar-refractivity contribution in [3.63, 3.8) is 0 Å². The third kappa shape index (κ3) is 2.64. The Balaban J connectivity index is 2.18. The van der Waals surface area contributed by atoms with Crippen LogP contribution in [-0.2, 0) is 0 Å². The molecule has 18 heavy (non-hydrogen) atoms. The summed E-state index contributed by atoms with van der Waals surface area (Å²) in [6.45, 7) is 0.650. The van der Waals surface area contributed by atoms with Crippen LogP contribution in [-0.4, -0.2) is 18.3 Å². The highest BCUT2D eigenvalue weighted by atomic mass is 15.0. The fraction of sp³-hybridized carbons (Fsp3) is 0.500. The van der Waals surface area contributed by atoms with Crippen LogP contribution in [0.3, 0.4) is 0 Å². The Kier molecular flexibility index (Phi) is 3.87. The zero-order valence-electron chi connectivity index (χ0n) is 10.7. The van der Waals surface area contributed by atoms with Crippen molar-refractivity contribution in [1.29, 1.82) is 5.41 Å². The lowest BCUT2D eigenvalue weighted by molar-refractivity contribution is 0.331. The SMILES string of the molecule is N=Cc1cc(NC2(CN)CCCCC2)ccc1N. The molecule has 4 nitrogen and oxygen atoms in total. The van der Waals surface area contributed by atoms with Crippen LogP contribution in [0.4, 0.5) is 11.4 Å². The summed E-state index contributed by atoms with van der Waals surface area (Å²) in [5.74, 6) is 0. The highest BCUT2D eigenvalue weighted by molar-refractivity contribution is 5.86. The molecule has 0 saturated heterocycles. The summed E-state index contributed by atoms with van der Waals surface area (Å²) in [6.07, 6.45) is 7.29. The Morgan fingerprint density at radius 2 is 2.00 bits per heavy atom. The Hall–Kier alpha value is -1.55. The summed E-state index contributed by atoms with van der Waals surface area (Å²) in [6, 6.07) is 5.73. The second-order valence-electron chi connectivity index (χ2n) is 5.16. The van der Waals surface area contributed by atoms with Crippen LogP contribution in [0.5, 0.6) is 0 Å². The van der Waals surface area contributed by atoms with E-state index >= 15 is 0 Å². The highest BCUT2D eigenvalue weighted by Gasteiger charge is 2.30. The predicted molar refractivity (Wildman–Crippen MR) is 77.2 cm³/mol. The second kappa shape index (κ2) is 5.40. The topological polar surface area (TPSA) is 87.9 Å². The van der Waals surface area contributed by atoms with Gasteiger partial charge in [-0.15, -0.1) is 0 Å². The van der Waals surface area contributed by atoms with Crippen LogP contribution in [0.1, 0.15) is 37.7 Å². The number of nitrogen functional groups attached to an aromatic ring is 1. The molecule has 0 atom stereocenters. The number of rotatable bonds is 4. The van der Waals surface area contributed by atoms with E-state index in [-0.39, 0.29) is 5.54 Å². The van der Waals surface area contributed by atoms with Gasteiger partial charge in [0.15, 0.2) is 0 Å². The summed E-state index contributed by atoms with van der Waals surface area (Å²) in [7, 11) is 0. The van der Waals surface area contributed by atoms with Gasteiger partial charge < -0.3 is 22.2 Å². The van der Waals surface area contributed by atoms with Crippen molar-refractivity contribution in [3.8, 4) is 0 Å². The third-order valence-electron chi connectivity index (χ3n) is 3.85. The number of nitrogens with two attached hydrogens (primary N) is 2. The molecule has 1 aromatic rings. The number of hydrogen-bond acceptors (Lipinski definition) is 4. The van der Waals surface area contributed by atoms with Gasteiger partial charge in [0.05, 0.1) is 0 Å². The lowest BCUT2D eigenvalue weighted by atomic mass is 9.81. The standard InChI is InChI=1S/C14H22N4/c15-9-11-8-12(4-5-13(11)17)18-14(10-16)6-2-1-3-7-14/h4-5,8-9,15,18H,1-3,6-7,10,16-17H2. The molecule has 0 amide bonds. The molecule has 0 aromatic heterocycles. The molecule has 1 saturated carbocycles. The molecule has 0 aliphatic heterocycles. The Labute approximate surface area is 108 Å². The van der Waals surface area contributed by atoms with E-state index in [4.69, 9.17) is 16.9 Å². The molecule has 0 heterocycles. The van der Waals surface area contributed by atoms with Crippen molar-refractivity contribution in [1.82, 2.24) is 0 Å². The molecular weight excluding hydrogens is 224 g/mol. The van der Waals surface area contributed by atoms with Crippen molar-refractivity contribution < 1.29 is 0 Å². The van der Waals surface area contributed by atoms with E-state index in [0.29, 0.717) is 12.2 Å². The van der Waals surface area contributed by atoms with Crippen molar-refractivity contribution >= 4 is 17.6 Å². The van der Waals surface area contributed by atoms with Gasteiger partial charge >= 0.3 is 0 Å². The van der Waals surface area contributed by atoms with Crippen LogP contribution < -0.4 is 16.8 Å². The van der Waals surface area contributed by atoms with E-state index in [9.17, 15) is 0 Å². The Morgan fingerprint density at radius 1 is 1.28 bits per heavy atom. The first kappa shape index (κ1) is 12.9. The zero-order chi connectivity index (χ0) is 13.0. The molecule has 1 aliphatic carbocycles. The summed E-state index contributed by atoms with van der Waals surface area (Å²) >= 11 is 0.